The maximum Gasteiger partial charge on any atom is 0.416 e. The molecule has 0 radical (unpaired) electrons. The molecule has 41 heavy (non-hydrogen) atoms. The molecule has 5 nitrogen and oxygen atoms in total. The van der Waals surface area contributed by atoms with Crippen LogP contribution in [0.25, 0.3) is 11.1 Å². The molecular weight excluding hydrogens is 543 g/mol. The van der Waals surface area contributed by atoms with Gasteiger partial charge in [0.1, 0.15) is 17.7 Å². The molecule has 4 aromatic carbocycles. The van der Waals surface area contributed by atoms with Crippen LogP contribution in [-0.4, -0.2) is 12.0 Å². The number of alkyl carbamates (subject to hydrolysis) is 1. The summed E-state index contributed by atoms with van der Waals surface area (Å²) in [6, 6.07) is 21.3. The molecule has 0 saturated carbocycles. The van der Waals surface area contributed by atoms with Gasteiger partial charge in [-0.05, 0) is 53.4 Å². The Morgan fingerprint density at radius 1 is 0.780 bits per heavy atom. The van der Waals surface area contributed by atoms with Crippen LogP contribution in [0.15, 0.2) is 91.0 Å². The van der Waals surface area contributed by atoms with Gasteiger partial charge >= 0.3 is 12.3 Å². The van der Waals surface area contributed by atoms with Gasteiger partial charge < -0.3 is 15.4 Å². The van der Waals surface area contributed by atoms with Crippen LogP contribution in [0.5, 0.6) is 0 Å². The van der Waals surface area contributed by atoms with Gasteiger partial charge in [0.05, 0.1) is 5.56 Å². The quantitative estimate of drug-likeness (QED) is 0.216. The second-order valence-electron chi connectivity index (χ2n) is 9.14. The normalized spacial score (nSPS) is 12.0. The summed E-state index contributed by atoms with van der Waals surface area (Å²) in [5.41, 5.74) is 1.92. The zero-order valence-electron chi connectivity index (χ0n) is 21.8. The van der Waals surface area contributed by atoms with Crippen molar-refractivity contribution in [3.63, 3.8) is 0 Å². The van der Waals surface area contributed by atoms with Gasteiger partial charge in [0.25, 0.3) is 5.91 Å². The first-order valence-electron chi connectivity index (χ1n) is 12.5. The molecule has 0 bridgehead atoms. The number of amides is 2. The van der Waals surface area contributed by atoms with Crippen LogP contribution in [0.4, 0.5) is 26.7 Å². The van der Waals surface area contributed by atoms with E-state index < -0.39 is 41.5 Å². The van der Waals surface area contributed by atoms with Crippen LogP contribution >= 0.6 is 0 Å². The molecule has 4 aromatic rings. The van der Waals surface area contributed by atoms with Crippen LogP contribution in [0, 0.1) is 11.6 Å². The number of hydrogen-bond donors (Lipinski definition) is 2. The maximum absolute atomic E-state index is 14.0. The van der Waals surface area contributed by atoms with Crippen molar-refractivity contribution in [3.05, 3.63) is 130 Å². The fourth-order valence-electron chi connectivity index (χ4n) is 4.17. The average Bonchev–Trinajstić information content (AvgIpc) is 2.95. The van der Waals surface area contributed by atoms with Gasteiger partial charge in [-0.1, -0.05) is 60.7 Å². The van der Waals surface area contributed by atoms with Gasteiger partial charge in [-0.15, -0.1) is 0 Å². The van der Waals surface area contributed by atoms with E-state index in [4.69, 9.17) is 4.74 Å². The molecular formula is C31H25F5N2O3. The number of nitrogens with one attached hydrogen (secondary N) is 2. The lowest BCUT2D eigenvalue weighted by Crippen LogP contribution is -2.26. The number of benzene rings is 4. The van der Waals surface area contributed by atoms with Crippen LogP contribution < -0.4 is 10.6 Å². The zero-order chi connectivity index (χ0) is 29.6. The third kappa shape index (κ3) is 7.47. The standard InChI is InChI=1S/C31H25F5N2O3/c1-19(20-10-13-23(14-11-20)31(34,35)36)41-30(40)38-17-21-6-2-3-7-25(21)26-8-4-5-9-27(26)29(39)37-18-22-12-15-24(32)16-28(22)33/h2-16,19H,17-18H2,1H3,(H,37,39)(H,38,40). The minimum Gasteiger partial charge on any atom is -0.442 e. The molecule has 212 valence electrons. The van der Waals surface area contributed by atoms with Crippen molar-refractivity contribution < 1.29 is 36.3 Å². The molecule has 0 aliphatic heterocycles. The van der Waals surface area contributed by atoms with Crippen LogP contribution in [-0.2, 0) is 24.0 Å². The number of halogens is 5. The van der Waals surface area contributed by atoms with Crippen molar-refractivity contribution in [2.24, 2.45) is 0 Å². The van der Waals surface area contributed by atoms with Crippen molar-refractivity contribution in [1.29, 1.82) is 0 Å². The Morgan fingerprint density at radius 3 is 2.10 bits per heavy atom. The number of rotatable bonds is 8. The highest BCUT2D eigenvalue weighted by Gasteiger charge is 2.30. The second-order valence-corrected chi connectivity index (χ2v) is 9.14. The Kier molecular flexibility index (Phi) is 9.01. The Bertz CT molecular complexity index is 1540. The summed E-state index contributed by atoms with van der Waals surface area (Å²) in [5, 5.41) is 5.29. The number of carbonyl (C=O) groups is 2. The van der Waals surface area contributed by atoms with E-state index in [1.54, 1.807) is 55.5 Å². The lowest BCUT2D eigenvalue weighted by molar-refractivity contribution is -0.137. The highest BCUT2D eigenvalue weighted by atomic mass is 19.4. The first-order chi connectivity index (χ1) is 19.5. The highest BCUT2D eigenvalue weighted by Crippen LogP contribution is 2.31. The minimum absolute atomic E-state index is 0.0332. The van der Waals surface area contributed by atoms with Gasteiger partial charge in [0.15, 0.2) is 0 Å². The van der Waals surface area contributed by atoms with Crippen molar-refractivity contribution in [3.8, 4) is 11.1 Å². The third-order valence-corrected chi connectivity index (χ3v) is 6.35. The van der Waals surface area contributed by atoms with E-state index in [0.717, 1.165) is 24.3 Å². The van der Waals surface area contributed by atoms with E-state index in [1.165, 1.54) is 18.2 Å². The lowest BCUT2D eigenvalue weighted by Gasteiger charge is -2.17. The van der Waals surface area contributed by atoms with E-state index in [2.05, 4.69) is 10.6 Å². The zero-order valence-corrected chi connectivity index (χ0v) is 21.8. The first-order valence-corrected chi connectivity index (χ1v) is 12.5. The molecule has 4 rings (SSSR count). The van der Waals surface area contributed by atoms with Crippen molar-refractivity contribution in [2.45, 2.75) is 32.3 Å². The topological polar surface area (TPSA) is 67.4 Å². The number of carbonyl (C=O) groups excluding carboxylic acids is 2. The Hall–Kier alpha value is -4.73. The SMILES string of the molecule is CC(OC(=O)NCc1ccccc1-c1ccccc1C(=O)NCc1ccc(F)cc1F)c1ccc(C(F)(F)F)cc1. The van der Waals surface area contributed by atoms with E-state index in [9.17, 15) is 31.5 Å². The van der Waals surface area contributed by atoms with E-state index in [1.807, 2.05) is 0 Å². The van der Waals surface area contributed by atoms with Gasteiger partial charge in [-0.3, -0.25) is 4.79 Å². The van der Waals surface area contributed by atoms with Crippen LogP contribution in [0.3, 0.4) is 0 Å². The molecule has 2 N–H and O–H groups in total. The highest BCUT2D eigenvalue weighted by molar-refractivity contribution is 6.01. The molecule has 0 aliphatic rings. The lowest BCUT2D eigenvalue weighted by atomic mass is 9.95. The summed E-state index contributed by atoms with van der Waals surface area (Å²) in [5.74, 6) is -1.96. The third-order valence-electron chi connectivity index (χ3n) is 6.35. The Morgan fingerprint density at radius 2 is 1.41 bits per heavy atom. The molecule has 2 amide bonds. The number of ether oxygens (including phenoxy) is 1. The summed E-state index contributed by atoms with van der Waals surface area (Å²) >= 11 is 0. The molecule has 0 fully saturated rings. The van der Waals surface area contributed by atoms with E-state index in [0.29, 0.717) is 27.8 Å². The van der Waals surface area contributed by atoms with E-state index in [-0.39, 0.29) is 18.7 Å². The Labute approximate surface area is 233 Å². The van der Waals surface area contributed by atoms with Crippen LogP contribution in [0.1, 0.15) is 45.6 Å². The predicted molar refractivity (Wildman–Crippen MR) is 143 cm³/mol. The molecule has 0 spiro atoms. The first kappa shape index (κ1) is 29.3. The predicted octanol–water partition coefficient (Wildman–Crippen LogP) is 7.57. The molecule has 0 aromatic heterocycles. The summed E-state index contributed by atoms with van der Waals surface area (Å²) in [7, 11) is 0. The summed E-state index contributed by atoms with van der Waals surface area (Å²) in [6.07, 6.45) is -6.05. The van der Waals surface area contributed by atoms with Gasteiger partial charge in [-0.25, -0.2) is 13.6 Å². The molecule has 1 atom stereocenters. The number of alkyl halides is 3. The fourth-order valence-corrected chi connectivity index (χ4v) is 4.17. The molecule has 0 aliphatic carbocycles. The van der Waals surface area contributed by atoms with Crippen molar-refractivity contribution in [2.75, 3.05) is 0 Å². The summed E-state index contributed by atoms with van der Waals surface area (Å²) < 4.78 is 71.0. The molecule has 10 heteroatoms. The second kappa shape index (κ2) is 12.6. The summed E-state index contributed by atoms with van der Waals surface area (Å²) in [6.45, 7) is 1.43. The van der Waals surface area contributed by atoms with E-state index >= 15 is 0 Å². The molecule has 1 unspecified atom stereocenters. The van der Waals surface area contributed by atoms with Crippen LogP contribution in [0.2, 0.25) is 0 Å². The van der Waals surface area contributed by atoms with Gasteiger partial charge in [0, 0.05) is 30.3 Å². The largest absolute Gasteiger partial charge is 0.442 e. The van der Waals surface area contributed by atoms with Crippen molar-refractivity contribution in [1.82, 2.24) is 10.6 Å². The smallest absolute Gasteiger partial charge is 0.416 e. The maximum atomic E-state index is 14.0. The molecule has 0 heterocycles. The molecule has 0 saturated heterocycles. The summed E-state index contributed by atoms with van der Waals surface area (Å²) in [4.78, 5) is 25.5. The van der Waals surface area contributed by atoms with Gasteiger partial charge in [-0.2, -0.15) is 13.2 Å². The Balaban J connectivity index is 1.43. The monoisotopic (exact) mass is 568 g/mol. The van der Waals surface area contributed by atoms with Gasteiger partial charge in [0.2, 0.25) is 0 Å². The fraction of sp³-hybridized carbons (Fsp3) is 0.161. The average molecular weight is 569 g/mol. The minimum atomic E-state index is -4.47. The number of hydrogen-bond acceptors (Lipinski definition) is 3. The van der Waals surface area contributed by atoms with Crippen molar-refractivity contribution >= 4 is 12.0 Å².